The van der Waals surface area contributed by atoms with E-state index in [0.717, 1.165) is 69.8 Å². The van der Waals surface area contributed by atoms with E-state index >= 15 is 0 Å². The topological polar surface area (TPSA) is 57.5 Å². The Bertz CT molecular complexity index is 718. The molecule has 3 nitrogen and oxygen atoms in total. The summed E-state index contributed by atoms with van der Waals surface area (Å²) in [4.78, 5) is 10.7. The summed E-state index contributed by atoms with van der Waals surface area (Å²) >= 11 is 13.5. The summed E-state index contributed by atoms with van der Waals surface area (Å²) < 4.78 is 0. The molecule has 5 heteroatoms. The van der Waals surface area contributed by atoms with Gasteiger partial charge in [-0.15, -0.1) is 23.2 Å². The average molecular weight is 469 g/mol. The van der Waals surface area contributed by atoms with Gasteiger partial charge in [0.2, 0.25) is 0 Å². The first-order valence-electron chi connectivity index (χ1n) is 12.2. The lowest BCUT2D eigenvalue weighted by atomic mass is 9.61. The Balaban J connectivity index is 1.66. The highest BCUT2D eigenvalue weighted by Crippen LogP contribution is 2.54. The zero-order chi connectivity index (χ0) is 22.4. The summed E-state index contributed by atoms with van der Waals surface area (Å²) in [5.74, 6) is -0.186. The molecule has 2 aliphatic rings. The van der Waals surface area contributed by atoms with Crippen LogP contribution in [-0.2, 0) is 4.79 Å². The number of aliphatic carboxylic acids is 1. The minimum atomic E-state index is -0.716. The molecule has 31 heavy (non-hydrogen) atoms. The van der Waals surface area contributed by atoms with Crippen molar-refractivity contribution in [3.8, 4) is 0 Å². The number of benzene rings is 1. The van der Waals surface area contributed by atoms with Gasteiger partial charge in [-0.05, 0) is 55.6 Å². The monoisotopic (exact) mass is 468 g/mol. The molecule has 2 fully saturated rings. The lowest BCUT2D eigenvalue weighted by Crippen LogP contribution is -2.36. The van der Waals surface area contributed by atoms with Crippen LogP contribution in [0.5, 0.6) is 0 Å². The standard InChI is InChI=1S/C26H38Cl2O3/c1-2-13-26(14-8-15-26)25(31)19-10-7-9-18(16-19)24-20(21(27)17-22(24)28)11-5-3-4-6-12-23(29)30/h7,9-10,16,20-22,24-25,31H,2-6,8,11-15,17H2,1H3,(H,29,30). The molecule has 0 saturated heterocycles. The van der Waals surface area contributed by atoms with E-state index in [9.17, 15) is 9.90 Å². The number of carboxylic acids is 1. The van der Waals surface area contributed by atoms with Crippen LogP contribution in [0.1, 0.15) is 107 Å². The van der Waals surface area contributed by atoms with Crippen molar-refractivity contribution in [3.63, 3.8) is 0 Å². The summed E-state index contributed by atoms with van der Waals surface area (Å²) in [7, 11) is 0. The van der Waals surface area contributed by atoms with Crippen LogP contribution < -0.4 is 0 Å². The second-order valence-corrected chi connectivity index (χ2v) is 11.0. The van der Waals surface area contributed by atoms with Gasteiger partial charge in [-0.25, -0.2) is 0 Å². The van der Waals surface area contributed by atoms with Crippen molar-refractivity contribution in [2.24, 2.45) is 11.3 Å². The number of carbonyl (C=O) groups is 1. The first-order chi connectivity index (χ1) is 14.9. The Labute approximate surface area is 197 Å². The molecule has 1 aromatic carbocycles. The lowest BCUT2D eigenvalue weighted by molar-refractivity contribution is -0.137. The van der Waals surface area contributed by atoms with Gasteiger partial charge < -0.3 is 10.2 Å². The summed E-state index contributed by atoms with van der Waals surface area (Å²) in [6, 6.07) is 8.48. The van der Waals surface area contributed by atoms with Crippen LogP contribution in [0, 0.1) is 11.3 Å². The minimum absolute atomic E-state index is 0.0141. The van der Waals surface area contributed by atoms with E-state index in [4.69, 9.17) is 28.3 Å². The van der Waals surface area contributed by atoms with Crippen LogP contribution >= 0.6 is 23.2 Å². The quantitative estimate of drug-likeness (QED) is 0.247. The molecule has 2 N–H and O–H groups in total. The van der Waals surface area contributed by atoms with Gasteiger partial charge in [-0.3, -0.25) is 4.79 Å². The number of halogens is 2. The number of carboxylic acid groups (broad SMARTS) is 1. The van der Waals surface area contributed by atoms with Crippen molar-refractivity contribution in [2.45, 2.75) is 107 Å². The maximum atomic E-state index is 11.2. The first-order valence-corrected chi connectivity index (χ1v) is 13.0. The van der Waals surface area contributed by atoms with Gasteiger partial charge in [-0.1, -0.05) is 63.3 Å². The van der Waals surface area contributed by atoms with Crippen molar-refractivity contribution in [1.29, 1.82) is 0 Å². The number of aliphatic hydroxyl groups is 1. The summed E-state index contributed by atoms with van der Waals surface area (Å²) in [5.41, 5.74) is 2.29. The minimum Gasteiger partial charge on any atom is -0.481 e. The third-order valence-corrected chi connectivity index (χ3v) is 8.68. The first kappa shape index (κ1) is 24.9. The number of aliphatic hydroxyl groups excluding tert-OH is 1. The third kappa shape index (κ3) is 5.97. The number of hydrogen-bond donors (Lipinski definition) is 2. The van der Waals surface area contributed by atoms with Gasteiger partial charge >= 0.3 is 5.97 Å². The SMILES string of the molecule is CCCC1(C(O)c2cccc(C3C(Cl)CC(Cl)C3CCCCCCC(=O)O)c2)CCC1. The maximum absolute atomic E-state index is 11.2. The normalized spacial score (nSPS) is 28.3. The molecule has 5 unspecified atom stereocenters. The number of unbranched alkanes of at least 4 members (excludes halogenated alkanes) is 3. The van der Waals surface area contributed by atoms with Gasteiger partial charge in [-0.2, -0.15) is 0 Å². The Morgan fingerprint density at radius 2 is 1.90 bits per heavy atom. The molecule has 174 valence electrons. The molecule has 2 aliphatic carbocycles. The molecule has 1 aromatic rings. The average Bonchev–Trinajstić information content (AvgIpc) is 2.99. The second-order valence-electron chi connectivity index (χ2n) is 9.84. The van der Waals surface area contributed by atoms with Crippen molar-refractivity contribution in [1.82, 2.24) is 0 Å². The lowest BCUT2D eigenvalue weighted by Gasteiger charge is -2.46. The van der Waals surface area contributed by atoms with Gasteiger partial charge in [0, 0.05) is 28.5 Å². The number of hydrogen-bond acceptors (Lipinski definition) is 2. The molecular formula is C26H38Cl2O3. The zero-order valence-corrected chi connectivity index (χ0v) is 20.3. The zero-order valence-electron chi connectivity index (χ0n) is 18.7. The predicted molar refractivity (Wildman–Crippen MR) is 128 cm³/mol. The second kappa shape index (κ2) is 11.4. The van der Waals surface area contributed by atoms with E-state index in [1.807, 2.05) is 0 Å². The fourth-order valence-electron chi connectivity index (χ4n) is 5.93. The maximum Gasteiger partial charge on any atom is 0.303 e. The van der Waals surface area contributed by atoms with Gasteiger partial charge in [0.25, 0.3) is 0 Å². The molecule has 0 radical (unpaired) electrons. The van der Waals surface area contributed by atoms with Crippen molar-refractivity contribution in [3.05, 3.63) is 35.4 Å². The largest absolute Gasteiger partial charge is 0.481 e. The molecule has 2 saturated carbocycles. The molecular weight excluding hydrogens is 431 g/mol. The van der Waals surface area contributed by atoms with Gasteiger partial charge in [0.1, 0.15) is 0 Å². The van der Waals surface area contributed by atoms with Crippen molar-refractivity contribution >= 4 is 29.2 Å². The van der Waals surface area contributed by atoms with E-state index in [0.29, 0.717) is 5.92 Å². The van der Waals surface area contributed by atoms with Crippen LogP contribution in [-0.4, -0.2) is 26.9 Å². The highest BCUT2D eigenvalue weighted by atomic mass is 35.5. The van der Waals surface area contributed by atoms with E-state index < -0.39 is 12.1 Å². The van der Waals surface area contributed by atoms with E-state index in [1.54, 1.807) is 0 Å². The fourth-order valence-corrected chi connectivity index (χ4v) is 7.03. The Morgan fingerprint density at radius 3 is 2.55 bits per heavy atom. The molecule has 0 aromatic heterocycles. The van der Waals surface area contributed by atoms with Crippen LogP contribution in [0.2, 0.25) is 0 Å². The van der Waals surface area contributed by atoms with Crippen LogP contribution in [0.3, 0.4) is 0 Å². The predicted octanol–water partition coefficient (Wildman–Crippen LogP) is 7.43. The Kier molecular flexibility index (Phi) is 9.13. The molecule has 0 spiro atoms. The summed E-state index contributed by atoms with van der Waals surface area (Å²) in [6.07, 6.45) is 11.1. The number of rotatable bonds is 12. The smallest absolute Gasteiger partial charge is 0.303 e. The van der Waals surface area contributed by atoms with Crippen LogP contribution in [0.25, 0.3) is 0 Å². The summed E-state index contributed by atoms with van der Waals surface area (Å²) in [6.45, 7) is 2.20. The highest BCUT2D eigenvalue weighted by molar-refractivity contribution is 6.25. The van der Waals surface area contributed by atoms with Crippen molar-refractivity contribution in [2.75, 3.05) is 0 Å². The third-order valence-electron chi connectivity index (χ3n) is 7.73. The molecule has 3 rings (SSSR count). The number of alkyl halides is 2. The Hall–Kier alpha value is -0.770. The highest BCUT2D eigenvalue weighted by Gasteiger charge is 2.44. The van der Waals surface area contributed by atoms with E-state index in [1.165, 1.54) is 12.0 Å². The Morgan fingerprint density at radius 1 is 1.16 bits per heavy atom. The van der Waals surface area contributed by atoms with Crippen molar-refractivity contribution < 1.29 is 15.0 Å². The van der Waals surface area contributed by atoms with E-state index in [2.05, 4.69) is 31.2 Å². The summed E-state index contributed by atoms with van der Waals surface area (Å²) in [5, 5.41) is 20.1. The molecule has 0 bridgehead atoms. The fraction of sp³-hybridized carbons (Fsp3) is 0.731. The van der Waals surface area contributed by atoms with Crippen LogP contribution in [0.4, 0.5) is 0 Å². The molecule has 0 amide bonds. The molecule has 5 atom stereocenters. The molecule has 0 aliphatic heterocycles. The van der Waals surface area contributed by atoms with E-state index in [-0.39, 0.29) is 28.5 Å². The molecule has 0 heterocycles. The van der Waals surface area contributed by atoms with Gasteiger partial charge in [0.05, 0.1) is 6.10 Å². The van der Waals surface area contributed by atoms with Crippen LogP contribution in [0.15, 0.2) is 24.3 Å². The van der Waals surface area contributed by atoms with Gasteiger partial charge in [0.15, 0.2) is 0 Å².